The predicted octanol–water partition coefficient (Wildman–Crippen LogP) is 8.47. The van der Waals surface area contributed by atoms with Crippen LogP contribution in [0.4, 0.5) is 4.39 Å². The van der Waals surface area contributed by atoms with Crippen molar-refractivity contribution < 1.29 is 4.39 Å². The first-order chi connectivity index (χ1) is 13.7. The first-order valence-electron chi connectivity index (χ1n) is 11.5. The van der Waals surface area contributed by atoms with Gasteiger partial charge in [0, 0.05) is 5.92 Å². The van der Waals surface area contributed by atoms with E-state index in [0.29, 0.717) is 5.92 Å². The molecule has 1 unspecified atom stereocenters. The van der Waals surface area contributed by atoms with Crippen LogP contribution in [0.5, 0.6) is 0 Å². The van der Waals surface area contributed by atoms with Crippen molar-refractivity contribution in [2.45, 2.75) is 91.4 Å². The van der Waals surface area contributed by atoms with Gasteiger partial charge in [-0.05, 0) is 66.3 Å². The van der Waals surface area contributed by atoms with Crippen LogP contribution in [0.25, 0.3) is 0 Å². The van der Waals surface area contributed by atoms with E-state index in [9.17, 15) is 0 Å². The monoisotopic (exact) mass is 382 g/mol. The van der Waals surface area contributed by atoms with Gasteiger partial charge >= 0.3 is 0 Å². The van der Waals surface area contributed by atoms with Gasteiger partial charge in [-0.25, -0.2) is 4.39 Å². The maximum absolute atomic E-state index is 15.3. The SMILES string of the molecule is CCCCc1ccccc1C(c1c(F)cccc1CC)[C@H](CCC)CCCC. The molecule has 0 saturated heterocycles. The number of hydrogen-bond acceptors (Lipinski definition) is 0. The van der Waals surface area contributed by atoms with Crippen LogP contribution in [0.15, 0.2) is 42.5 Å². The van der Waals surface area contributed by atoms with Crippen LogP contribution in [0.3, 0.4) is 0 Å². The van der Waals surface area contributed by atoms with Crippen molar-refractivity contribution in [1.29, 1.82) is 0 Å². The number of unbranched alkanes of at least 4 members (excludes halogenated alkanes) is 2. The maximum atomic E-state index is 15.3. The van der Waals surface area contributed by atoms with Gasteiger partial charge in [0.15, 0.2) is 0 Å². The number of hydrogen-bond donors (Lipinski definition) is 0. The fraction of sp³-hybridized carbons (Fsp3) is 0.556. The average molecular weight is 383 g/mol. The molecule has 0 aromatic heterocycles. The minimum atomic E-state index is -0.0211. The van der Waals surface area contributed by atoms with Crippen LogP contribution in [0.1, 0.15) is 101 Å². The lowest BCUT2D eigenvalue weighted by atomic mass is 9.73. The third-order valence-corrected chi connectivity index (χ3v) is 6.08. The summed E-state index contributed by atoms with van der Waals surface area (Å²) < 4.78 is 15.3. The molecule has 0 amide bonds. The van der Waals surface area contributed by atoms with E-state index in [-0.39, 0.29) is 11.7 Å². The molecular weight excluding hydrogens is 343 g/mol. The Balaban J connectivity index is 2.63. The van der Waals surface area contributed by atoms with Gasteiger partial charge < -0.3 is 0 Å². The molecule has 28 heavy (non-hydrogen) atoms. The largest absolute Gasteiger partial charge is 0.207 e. The Labute approximate surface area is 172 Å². The van der Waals surface area contributed by atoms with Gasteiger partial charge in [-0.1, -0.05) is 89.8 Å². The summed E-state index contributed by atoms with van der Waals surface area (Å²) in [6.07, 6.45) is 10.2. The topological polar surface area (TPSA) is 0 Å². The van der Waals surface area contributed by atoms with Crippen LogP contribution in [0.2, 0.25) is 0 Å². The Morgan fingerprint density at radius 3 is 2.14 bits per heavy atom. The Kier molecular flexibility index (Phi) is 9.75. The van der Waals surface area contributed by atoms with Crippen LogP contribution in [0, 0.1) is 11.7 Å². The Morgan fingerprint density at radius 1 is 0.750 bits per heavy atom. The summed E-state index contributed by atoms with van der Waals surface area (Å²) in [6.45, 7) is 8.92. The van der Waals surface area contributed by atoms with Crippen molar-refractivity contribution in [2.75, 3.05) is 0 Å². The van der Waals surface area contributed by atoms with Gasteiger partial charge in [0.05, 0.1) is 0 Å². The summed E-state index contributed by atoms with van der Waals surface area (Å²) in [5.74, 6) is 0.637. The van der Waals surface area contributed by atoms with Crippen molar-refractivity contribution >= 4 is 0 Å². The highest BCUT2D eigenvalue weighted by atomic mass is 19.1. The second kappa shape index (κ2) is 12.0. The standard InChI is InChI=1S/C27H39F/c1-5-9-15-22-17-11-12-19-24(22)26(23(14-7-3)16-10-6-2)27-21(8-4)18-13-20-25(27)28/h11-13,17-20,23,26H,5-10,14-16H2,1-4H3/t23-,26?/m1/s1. The fourth-order valence-electron chi connectivity index (χ4n) is 4.63. The van der Waals surface area contributed by atoms with Gasteiger partial charge in [-0.2, -0.15) is 0 Å². The number of rotatable bonds is 12. The Bertz CT molecular complexity index is 703. The molecule has 1 heteroatoms. The van der Waals surface area contributed by atoms with Crippen molar-refractivity contribution in [1.82, 2.24) is 0 Å². The van der Waals surface area contributed by atoms with Crippen LogP contribution >= 0.6 is 0 Å². The third-order valence-electron chi connectivity index (χ3n) is 6.08. The van der Waals surface area contributed by atoms with E-state index in [1.165, 1.54) is 48.8 Å². The second-order valence-corrected chi connectivity index (χ2v) is 8.14. The second-order valence-electron chi connectivity index (χ2n) is 8.14. The van der Waals surface area contributed by atoms with E-state index >= 15 is 4.39 Å². The molecule has 0 N–H and O–H groups in total. The van der Waals surface area contributed by atoms with Gasteiger partial charge in [0.2, 0.25) is 0 Å². The van der Waals surface area contributed by atoms with E-state index in [0.717, 1.165) is 31.2 Å². The lowest BCUT2D eigenvalue weighted by Crippen LogP contribution is -2.19. The average Bonchev–Trinajstić information content (AvgIpc) is 2.72. The summed E-state index contributed by atoms with van der Waals surface area (Å²) in [6, 6.07) is 14.5. The zero-order valence-corrected chi connectivity index (χ0v) is 18.4. The molecule has 0 nitrogen and oxygen atoms in total. The minimum Gasteiger partial charge on any atom is -0.207 e. The lowest BCUT2D eigenvalue weighted by molar-refractivity contribution is 0.377. The van der Waals surface area contributed by atoms with Gasteiger partial charge in [0.1, 0.15) is 5.82 Å². The summed E-state index contributed by atoms with van der Waals surface area (Å²) in [7, 11) is 0. The van der Waals surface area contributed by atoms with E-state index in [1.807, 2.05) is 6.07 Å². The molecule has 2 atom stereocenters. The van der Waals surface area contributed by atoms with Gasteiger partial charge in [-0.3, -0.25) is 0 Å². The lowest BCUT2D eigenvalue weighted by Gasteiger charge is -2.32. The zero-order chi connectivity index (χ0) is 20.4. The van der Waals surface area contributed by atoms with Crippen molar-refractivity contribution in [3.8, 4) is 0 Å². The quantitative estimate of drug-likeness (QED) is 0.345. The molecule has 0 aliphatic heterocycles. The number of aryl methyl sites for hydroxylation is 2. The molecule has 0 radical (unpaired) electrons. The molecule has 154 valence electrons. The van der Waals surface area contributed by atoms with E-state index in [4.69, 9.17) is 0 Å². The highest BCUT2D eigenvalue weighted by Gasteiger charge is 2.29. The molecule has 2 aromatic rings. The van der Waals surface area contributed by atoms with Crippen LogP contribution < -0.4 is 0 Å². The van der Waals surface area contributed by atoms with Crippen LogP contribution in [-0.2, 0) is 12.8 Å². The van der Waals surface area contributed by atoms with Crippen molar-refractivity contribution in [2.24, 2.45) is 5.92 Å². The van der Waals surface area contributed by atoms with E-state index in [2.05, 4.69) is 58.0 Å². The van der Waals surface area contributed by atoms with Gasteiger partial charge in [0.25, 0.3) is 0 Å². The first-order valence-corrected chi connectivity index (χ1v) is 11.5. The predicted molar refractivity (Wildman–Crippen MR) is 121 cm³/mol. The highest BCUT2D eigenvalue weighted by Crippen LogP contribution is 2.42. The molecule has 0 spiro atoms. The molecule has 2 rings (SSSR count). The molecule has 0 aliphatic carbocycles. The maximum Gasteiger partial charge on any atom is 0.127 e. The number of halogens is 1. The fourth-order valence-corrected chi connectivity index (χ4v) is 4.63. The molecular formula is C27H39F. The number of benzene rings is 2. The normalized spacial score (nSPS) is 13.5. The highest BCUT2D eigenvalue weighted by molar-refractivity contribution is 5.43. The first kappa shape index (κ1) is 22.7. The molecule has 0 bridgehead atoms. The van der Waals surface area contributed by atoms with Crippen molar-refractivity contribution in [3.05, 3.63) is 70.5 Å². The minimum absolute atomic E-state index is 0.0211. The molecule has 2 aromatic carbocycles. The van der Waals surface area contributed by atoms with Crippen LogP contribution in [-0.4, -0.2) is 0 Å². The Hall–Kier alpha value is -1.63. The Morgan fingerprint density at radius 2 is 1.46 bits per heavy atom. The third kappa shape index (κ3) is 5.69. The van der Waals surface area contributed by atoms with E-state index < -0.39 is 0 Å². The van der Waals surface area contributed by atoms with Gasteiger partial charge in [-0.15, -0.1) is 0 Å². The smallest absolute Gasteiger partial charge is 0.127 e. The van der Waals surface area contributed by atoms with E-state index in [1.54, 1.807) is 6.07 Å². The summed E-state index contributed by atoms with van der Waals surface area (Å²) >= 11 is 0. The zero-order valence-electron chi connectivity index (χ0n) is 18.4. The molecule has 0 heterocycles. The molecule has 0 saturated carbocycles. The van der Waals surface area contributed by atoms with Crippen molar-refractivity contribution in [3.63, 3.8) is 0 Å². The summed E-state index contributed by atoms with van der Waals surface area (Å²) in [5, 5.41) is 0. The summed E-state index contributed by atoms with van der Waals surface area (Å²) in [4.78, 5) is 0. The summed E-state index contributed by atoms with van der Waals surface area (Å²) in [5.41, 5.74) is 4.92. The molecule has 0 aliphatic rings. The molecule has 0 fully saturated rings.